The van der Waals surface area contributed by atoms with Gasteiger partial charge in [0.15, 0.2) is 17.2 Å². The number of aliphatic hydroxyl groups is 1. The van der Waals surface area contributed by atoms with Crippen molar-refractivity contribution < 1.29 is 9.50 Å². The summed E-state index contributed by atoms with van der Waals surface area (Å²) in [5.41, 5.74) is 3.17. The maximum absolute atomic E-state index is 13.2. The number of hydrogen-bond acceptors (Lipinski definition) is 5. The van der Waals surface area contributed by atoms with Crippen LogP contribution in [0.1, 0.15) is 11.8 Å². The third-order valence-electron chi connectivity index (χ3n) is 4.39. The van der Waals surface area contributed by atoms with Crippen molar-refractivity contribution in [1.29, 1.82) is 0 Å². The standard InChI is InChI=1S/C20H13FN4OS/c21-15-8-6-12(7-9-15)14-10-16-18(22-11-14)27-20-23-17(24-25(20)19(16)26)13-4-2-1-3-5-13/h1-11,19,26H. The molecule has 27 heavy (non-hydrogen) atoms. The first-order valence-corrected chi connectivity index (χ1v) is 9.14. The highest BCUT2D eigenvalue weighted by molar-refractivity contribution is 7.99. The Kier molecular flexibility index (Phi) is 3.77. The Bertz CT molecular complexity index is 1130. The van der Waals surface area contributed by atoms with Crippen LogP contribution in [0.15, 0.2) is 77.0 Å². The lowest BCUT2D eigenvalue weighted by Gasteiger charge is -2.21. The molecule has 5 rings (SSSR count). The minimum absolute atomic E-state index is 0.291. The van der Waals surface area contributed by atoms with Crippen molar-refractivity contribution in [2.24, 2.45) is 0 Å². The fourth-order valence-corrected chi connectivity index (χ4v) is 3.93. The van der Waals surface area contributed by atoms with E-state index < -0.39 is 6.23 Å². The monoisotopic (exact) mass is 376 g/mol. The van der Waals surface area contributed by atoms with E-state index in [0.29, 0.717) is 21.6 Å². The quantitative estimate of drug-likeness (QED) is 0.569. The average Bonchev–Trinajstić information content (AvgIpc) is 3.14. The van der Waals surface area contributed by atoms with Crippen molar-refractivity contribution >= 4 is 11.8 Å². The summed E-state index contributed by atoms with van der Waals surface area (Å²) in [6.07, 6.45) is 0.741. The van der Waals surface area contributed by atoms with Crippen molar-refractivity contribution in [3.8, 4) is 22.5 Å². The topological polar surface area (TPSA) is 63.8 Å². The fraction of sp³-hybridized carbons (Fsp3) is 0.0500. The van der Waals surface area contributed by atoms with E-state index in [9.17, 15) is 9.50 Å². The molecular formula is C20H13FN4OS. The SMILES string of the molecule is OC1c2cc(-c3ccc(F)cc3)cnc2Sc2nc(-c3ccccc3)nn21. The maximum atomic E-state index is 13.2. The number of hydrogen-bond donors (Lipinski definition) is 1. The molecule has 0 spiro atoms. The Balaban J connectivity index is 1.55. The predicted octanol–water partition coefficient (Wildman–Crippen LogP) is 4.15. The van der Waals surface area contributed by atoms with Gasteiger partial charge in [-0.1, -0.05) is 42.5 Å². The number of pyridine rings is 1. The maximum Gasteiger partial charge on any atom is 0.195 e. The largest absolute Gasteiger partial charge is 0.368 e. The van der Waals surface area contributed by atoms with Gasteiger partial charge in [-0.3, -0.25) is 0 Å². The average molecular weight is 376 g/mol. The van der Waals surface area contributed by atoms with E-state index in [2.05, 4.69) is 15.1 Å². The molecule has 1 N–H and O–H groups in total. The molecule has 0 aliphatic carbocycles. The summed E-state index contributed by atoms with van der Waals surface area (Å²) >= 11 is 1.37. The van der Waals surface area contributed by atoms with E-state index in [1.807, 2.05) is 36.4 Å². The number of fused-ring (bicyclic) bond motifs is 2. The molecule has 1 unspecified atom stereocenters. The Morgan fingerprint density at radius 2 is 1.74 bits per heavy atom. The minimum Gasteiger partial charge on any atom is -0.368 e. The van der Waals surface area contributed by atoms with Crippen LogP contribution in [0.5, 0.6) is 0 Å². The van der Waals surface area contributed by atoms with E-state index in [1.165, 1.54) is 28.6 Å². The smallest absolute Gasteiger partial charge is 0.195 e. The van der Waals surface area contributed by atoms with Crippen LogP contribution in [-0.2, 0) is 0 Å². The van der Waals surface area contributed by atoms with Gasteiger partial charge in [0.1, 0.15) is 10.8 Å². The first kappa shape index (κ1) is 16.2. The van der Waals surface area contributed by atoms with Gasteiger partial charge in [-0.2, -0.15) is 0 Å². The number of nitrogens with zero attached hydrogens (tertiary/aromatic N) is 4. The molecule has 0 bridgehead atoms. The molecular weight excluding hydrogens is 363 g/mol. The Labute approximate surface area is 158 Å². The lowest BCUT2D eigenvalue weighted by molar-refractivity contribution is 0.115. The molecule has 1 aliphatic rings. The lowest BCUT2D eigenvalue weighted by atomic mass is 10.1. The van der Waals surface area contributed by atoms with E-state index in [0.717, 1.165) is 16.7 Å². The molecule has 1 atom stereocenters. The van der Waals surface area contributed by atoms with E-state index >= 15 is 0 Å². The van der Waals surface area contributed by atoms with Crippen molar-refractivity contribution in [1.82, 2.24) is 19.7 Å². The summed E-state index contributed by atoms with van der Waals surface area (Å²) in [5, 5.41) is 16.6. The molecule has 0 saturated heterocycles. The zero-order chi connectivity index (χ0) is 18.4. The van der Waals surface area contributed by atoms with Crippen molar-refractivity contribution in [2.75, 3.05) is 0 Å². The molecule has 5 nitrogen and oxygen atoms in total. The highest BCUT2D eigenvalue weighted by Gasteiger charge is 2.29. The van der Waals surface area contributed by atoms with Gasteiger partial charge in [0.2, 0.25) is 0 Å². The van der Waals surface area contributed by atoms with Gasteiger partial charge >= 0.3 is 0 Å². The number of benzene rings is 2. The minimum atomic E-state index is -0.978. The molecule has 0 fully saturated rings. The molecule has 132 valence electrons. The van der Waals surface area contributed by atoms with E-state index in [1.54, 1.807) is 18.3 Å². The zero-order valence-corrected chi connectivity index (χ0v) is 14.8. The zero-order valence-electron chi connectivity index (χ0n) is 14.0. The van der Waals surface area contributed by atoms with Crippen LogP contribution in [0.25, 0.3) is 22.5 Å². The van der Waals surface area contributed by atoms with Crippen LogP contribution in [0.2, 0.25) is 0 Å². The van der Waals surface area contributed by atoms with Crippen molar-refractivity contribution in [3.05, 3.63) is 78.2 Å². The summed E-state index contributed by atoms with van der Waals surface area (Å²) in [7, 11) is 0. The van der Waals surface area contributed by atoms with Crippen LogP contribution in [0.4, 0.5) is 4.39 Å². The summed E-state index contributed by atoms with van der Waals surface area (Å²) in [5.74, 6) is 0.268. The normalized spacial score (nSPS) is 15.3. The first-order valence-electron chi connectivity index (χ1n) is 8.33. The van der Waals surface area contributed by atoms with Gasteiger partial charge in [-0.25, -0.2) is 19.0 Å². The van der Waals surface area contributed by atoms with Crippen molar-refractivity contribution in [2.45, 2.75) is 16.4 Å². The van der Waals surface area contributed by atoms with Crippen LogP contribution < -0.4 is 0 Å². The molecule has 1 aliphatic heterocycles. The molecule has 4 aromatic rings. The molecule has 0 amide bonds. The van der Waals surface area contributed by atoms with Gasteiger partial charge < -0.3 is 5.11 Å². The van der Waals surface area contributed by atoms with Gasteiger partial charge in [0.05, 0.1) is 0 Å². The Morgan fingerprint density at radius 1 is 0.963 bits per heavy atom. The number of aromatic nitrogens is 4. The third-order valence-corrected chi connectivity index (χ3v) is 5.38. The van der Waals surface area contributed by atoms with Crippen LogP contribution in [0, 0.1) is 5.82 Å². The first-order chi connectivity index (χ1) is 13.2. The molecule has 7 heteroatoms. The summed E-state index contributed by atoms with van der Waals surface area (Å²) in [4.78, 5) is 9.01. The second-order valence-corrected chi connectivity index (χ2v) is 7.09. The number of rotatable bonds is 2. The molecule has 0 radical (unpaired) electrons. The van der Waals surface area contributed by atoms with Crippen LogP contribution in [-0.4, -0.2) is 24.9 Å². The number of aliphatic hydroxyl groups excluding tert-OH is 1. The van der Waals surface area contributed by atoms with Gasteiger partial charge in [-0.15, -0.1) is 5.10 Å². The van der Waals surface area contributed by atoms with Crippen molar-refractivity contribution in [3.63, 3.8) is 0 Å². The second kappa shape index (κ2) is 6.29. The lowest BCUT2D eigenvalue weighted by Crippen LogP contribution is -2.18. The molecule has 0 saturated carbocycles. The fourth-order valence-electron chi connectivity index (χ4n) is 3.01. The van der Waals surface area contributed by atoms with Gasteiger partial charge in [0, 0.05) is 22.9 Å². The van der Waals surface area contributed by atoms with Gasteiger partial charge in [-0.05, 0) is 35.5 Å². The van der Waals surface area contributed by atoms with Gasteiger partial charge in [0.25, 0.3) is 0 Å². The number of halogens is 1. The summed E-state index contributed by atoms with van der Waals surface area (Å²) in [6.45, 7) is 0. The third kappa shape index (κ3) is 2.81. The highest BCUT2D eigenvalue weighted by atomic mass is 32.2. The predicted molar refractivity (Wildman–Crippen MR) is 99.6 cm³/mol. The molecule has 3 heterocycles. The summed E-state index contributed by atoms with van der Waals surface area (Å²) < 4.78 is 14.7. The van der Waals surface area contributed by atoms with E-state index in [-0.39, 0.29) is 5.82 Å². The Morgan fingerprint density at radius 3 is 2.52 bits per heavy atom. The van der Waals surface area contributed by atoms with Crippen LogP contribution in [0.3, 0.4) is 0 Å². The highest BCUT2D eigenvalue weighted by Crippen LogP contribution is 2.40. The molecule has 2 aromatic heterocycles. The second-order valence-electron chi connectivity index (χ2n) is 6.13. The Hall–Kier alpha value is -3.03. The molecule has 2 aromatic carbocycles. The van der Waals surface area contributed by atoms with Crippen LogP contribution >= 0.6 is 11.8 Å². The van der Waals surface area contributed by atoms with E-state index in [4.69, 9.17) is 0 Å². The summed E-state index contributed by atoms with van der Waals surface area (Å²) in [6, 6.07) is 17.7.